The van der Waals surface area contributed by atoms with Gasteiger partial charge < -0.3 is 14.8 Å². The van der Waals surface area contributed by atoms with E-state index in [1.807, 2.05) is 30.3 Å². The van der Waals surface area contributed by atoms with E-state index in [1.54, 1.807) is 42.5 Å². The molecule has 0 saturated heterocycles. The highest BCUT2D eigenvalue weighted by atomic mass is 35.5. The Morgan fingerprint density at radius 2 is 1.37 bits per heavy atom. The first kappa shape index (κ1) is 21.9. The molecule has 8 heteroatoms. The van der Waals surface area contributed by atoms with Crippen LogP contribution in [0.15, 0.2) is 72.8 Å². The molecule has 2 N–H and O–H groups in total. The van der Waals surface area contributed by atoms with Crippen LogP contribution in [0.25, 0.3) is 0 Å². The molecule has 0 aliphatic rings. The minimum atomic E-state index is -0.366. The summed E-state index contributed by atoms with van der Waals surface area (Å²) in [5, 5.41) is 6.32. The van der Waals surface area contributed by atoms with Gasteiger partial charge in [0.2, 0.25) is 0 Å². The molecule has 0 fully saturated rings. The zero-order chi connectivity index (χ0) is 21.3. The van der Waals surface area contributed by atoms with Gasteiger partial charge in [-0.15, -0.1) is 0 Å². The van der Waals surface area contributed by atoms with E-state index in [4.69, 9.17) is 44.9 Å². The molecule has 3 aromatic carbocycles. The molecule has 0 aromatic heterocycles. The number of hydrogen-bond donors (Lipinski definition) is 2. The summed E-state index contributed by atoms with van der Waals surface area (Å²) in [4.78, 5) is 12.4. The molecule has 0 bridgehead atoms. The molecular formula is C22H18Cl2N2O3S. The number of carbonyl (C=O) groups excluding carboxylic acids is 1. The van der Waals surface area contributed by atoms with Gasteiger partial charge >= 0.3 is 0 Å². The molecule has 0 unspecified atom stereocenters. The summed E-state index contributed by atoms with van der Waals surface area (Å²) < 4.78 is 11.2. The normalized spacial score (nSPS) is 10.2. The molecule has 0 aliphatic heterocycles. The average molecular weight is 461 g/mol. The lowest BCUT2D eigenvalue weighted by Crippen LogP contribution is -2.34. The monoisotopic (exact) mass is 460 g/mol. The van der Waals surface area contributed by atoms with E-state index < -0.39 is 0 Å². The third-order valence-corrected chi connectivity index (χ3v) is 4.74. The SMILES string of the molecule is O=C(NC(=S)Nc1c(Cl)cccc1Cl)c1ccc(OCCOc2ccccc2)cc1. The Hall–Kier alpha value is -2.80. The first-order chi connectivity index (χ1) is 14.5. The molecule has 3 rings (SSSR count). The van der Waals surface area contributed by atoms with E-state index in [1.165, 1.54) is 0 Å². The van der Waals surface area contributed by atoms with Crippen molar-refractivity contribution in [3.8, 4) is 11.5 Å². The maximum atomic E-state index is 12.4. The highest BCUT2D eigenvalue weighted by Gasteiger charge is 2.11. The molecule has 0 spiro atoms. The fraction of sp³-hybridized carbons (Fsp3) is 0.0909. The van der Waals surface area contributed by atoms with Crippen molar-refractivity contribution < 1.29 is 14.3 Å². The molecule has 0 saturated carbocycles. The number of benzene rings is 3. The maximum absolute atomic E-state index is 12.4. The van der Waals surface area contributed by atoms with Gasteiger partial charge in [-0.2, -0.15) is 0 Å². The number of thiocarbonyl (C=S) groups is 1. The molecule has 3 aromatic rings. The van der Waals surface area contributed by atoms with Crippen LogP contribution in [0.2, 0.25) is 10.0 Å². The number of anilines is 1. The summed E-state index contributed by atoms with van der Waals surface area (Å²) in [6, 6.07) is 21.3. The minimum Gasteiger partial charge on any atom is -0.490 e. The first-order valence-corrected chi connectivity index (χ1v) is 10.2. The topological polar surface area (TPSA) is 59.6 Å². The second-order valence-corrected chi connectivity index (χ2v) is 7.26. The molecule has 5 nitrogen and oxygen atoms in total. The van der Waals surface area contributed by atoms with Gasteiger partial charge in [-0.3, -0.25) is 10.1 Å². The Bertz CT molecular complexity index is 994. The predicted octanol–water partition coefficient (Wildman–Crippen LogP) is 5.58. The van der Waals surface area contributed by atoms with E-state index in [2.05, 4.69) is 10.6 Å². The third-order valence-electron chi connectivity index (χ3n) is 3.91. The minimum absolute atomic E-state index is 0.0911. The van der Waals surface area contributed by atoms with Gasteiger partial charge in [-0.25, -0.2) is 0 Å². The Morgan fingerprint density at radius 1 is 0.800 bits per heavy atom. The Morgan fingerprint density at radius 3 is 1.97 bits per heavy atom. The fourth-order valence-corrected chi connectivity index (χ4v) is 3.16. The van der Waals surface area contributed by atoms with Gasteiger partial charge in [-0.1, -0.05) is 47.5 Å². The van der Waals surface area contributed by atoms with Crippen LogP contribution < -0.4 is 20.1 Å². The van der Waals surface area contributed by atoms with Crippen LogP contribution in [0.5, 0.6) is 11.5 Å². The van der Waals surface area contributed by atoms with Crippen LogP contribution in [0, 0.1) is 0 Å². The zero-order valence-corrected chi connectivity index (χ0v) is 18.1. The molecule has 0 heterocycles. The Balaban J connectivity index is 1.46. The number of hydrogen-bond acceptors (Lipinski definition) is 4. The number of halogens is 2. The summed E-state index contributed by atoms with van der Waals surface area (Å²) in [6.45, 7) is 0.795. The van der Waals surface area contributed by atoms with E-state index >= 15 is 0 Å². The van der Waals surface area contributed by atoms with Crippen molar-refractivity contribution >= 4 is 52.1 Å². The van der Waals surface area contributed by atoms with Gasteiger partial charge in [0.25, 0.3) is 5.91 Å². The van der Waals surface area contributed by atoms with Crippen molar-refractivity contribution in [1.82, 2.24) is 5.32 Å². The standard InChI is InChI=1S/C22H18Cl2N2O3S/c23-18-7-4-8-19(24)20(18)25-22(30)26-21(27)15-9-11-17(12-10-15)29-14-13-28-16-5-2-1-3-6-16/h1-12H,13-14H2,(H2,25,26,27,30). The molecule has 0 atom stereocenters. The molecular weight excluding hydrogens is 443 g/mol. The quantitative estimate of drug-likeness (QED) is 0.356. The fourth-order valence-electron chi connectivity index (χ4n) is 2.48. The van der Waals surface area contributed by atoms with Gasteiger partial charge in [0.15, 0.2) is 5.11 Å². The molecule has 0 radical (unpaired) electrons. The Labute approximate surface area is 189 Å². The highest BCUT2D eigenvalue weighted by molar-refractivity contribution is 7.80. The van der Waals surface area contributed by atoms with Crippen molar-refractivity contribution in [2.24, 2.45) is 0 Å². The van der Waals surface area contributed by atoms with Gasteiger partial charge in [0.1, 0.15) is 24.7 Å². The number of para-hydroxylation sites is 2. The predicted molar refractivity (Wildman–Crippen MR) is 124 cm³/mol. The lowest BCUT2D eigenvalue weighted by molar-refractivity contribution is 0.0977. The highest BCUT2D eigenvalue weighted by Crippen LogP contribution is 2.29. The number of carbonyl (C=O) groups is 1. The summed E-state index contributed by atoms with van der Waals surface area (Å²) in [5.41, 5.74) is 0.866. The summed E-state index contributed by atoms with van der Waals surface area (Å²) in [6.07, 6.45) is 0. The summed E-state index contributed by atoms with van der Waals surface area (Å²) >= 11 is 17.3. The molecule has 30 heavy (non-hydrogen) atoms. The molecule has 1 amide bonds. The summed E-state index contributed by atoms with van der Waals surface area (Å²) in [5.74, 6) is 1.05. The third kappa shape index (κ3) is 6.35. The van der Waals surface area contributed by atoms with Crippen LogP contribution >= 0.6 is 35.4 Å². The lowest BCUT2D eigenvalue weighted by Gasteiger charge is -2.12. The molecule has 154 valence electrons. The van der Waals surface area contributed by atoms with Gasteiger partial charge in [-0.05, 0) is 60.7 Å². The van der Waals surface area contributed by atoms with Crippen molar-refractivity contribution in [3.05, 3.63) is 88.4 Å². The maximum Gasteiger partial charge on any atom is 0.257 e. The van der Waals surface area contributed by atoms with Crippen LogP contribution in [-0.4, -0.2) is 24.2 Å². The van der Waals surface area contributed by atoms with Gasteiger partial charge in [0, 0.05) is 5.56 Å². The zero-order valence-electron chi connectivity index (χ0n) is 15.7. The average Bonchev–Trinajstić information content (AvgIpc) is 2.75. The van der Waals surface area contributed by atoms with E-state index in [-0.39, 0.29) is 11.0 Å². The van der Waals surface area contributed by atoms with Crippen LogP contribution in [0.3, 0.4) is 0 Å². The molecule has 0 aliphatic carbocycles. The van der Waals surface area contributed by atoms with Crippen molar-refractivity contribution in [1.29, 1.82) is 0 Å². The number of ether oxygens (including phenoxy) is 2. The van der Waals surface area contributed by atoms with Crippen LogP contribution in [0.1, 0.15) is 10.4 Å². The van der Waals surface area contributed by atoms with Crippen LogP contribution in [0.4, 0.5) is 5.69 Å². The second-order valence-electron chi connectivity index (χ2n) is 6.04. The van der Waals surface area contributed by atoms with E-state index in [0.717, 1.165) is 5.75 Å². The summed E-state index contributed by atoms with van der Waals surface area (Å²) in [7, 11) is 0. The number of rotatable bonds is 7. The Kier molecular flexibility index (Phi) is 7.90. The lowest BCUT2D eigenvalue weighted by atomic mass is 10.2. The van der Waals surface area contributed by atoms with Crippen LogP contribution in [-0.2, 0) is 0 Å². The smallest absolute Gasteiger partial charge is 0.257 e. The van der Waals surface area contributed by atoms with E-state index in [0.29, 0.717) is 40.3 Å². The van der Waals surface area contributed by atoms with Crippen molar-refractivity contribution in [2.75, 3.05) is 18.5 Å². The first-order valence-electron chi connectivity index (χ1n) is 9.00. The number of amides is 1. The van der Waals surface area contributed by atoms with Gasteiger partial charge in [0.05, 0.1) is 15.7 Å². The second kappa shape index (κ2) is 10.8. The van der Waals surface area contributed by atoms with Crippen molar-refractivity contribution in [3.63, 3.8) is 0 Å². The van der Waals surface area contributed by atoms with Crippen molar-refractivity contribution in [2.45, 2.75) is 0 Å². The largest absolute Gasteiger partial charge is 0.490 e. The van der Waals surface area contributed by atoms with E-state index in [9.17, 15) is 4.79 Å². The number of nitrogens with one attached hydrogen (secondary N) is 2.